The molecule has 1 fully saturated rings. The van der Waals surface area contributed by atoms with Crippen LogP contribution in [-0.4, -0.2) is 61.6 Å². The molecule has 1 aliphatic rings. The number of hydrogen-bond acceptors (Lipinski definition) is 4. The Morgan fingerprint density at radius 3 is 2.61 bits per heavy atom. The fraction of sp³-hybridized carbons (Fsp3) is 0.611. The molecule has 0 saturated carbocycles. The van der Waals surface area contributed by atoms with E-state index >= 15 is 0 Å². The number of methoxy groups -OCH3 is 1. The van der Waals surface area contributed by atoms with Crippen molar-refractivity contribution in [2.24, 2.45) is 0 Å². The molecule has 1 aliphatic heterocycles. The van der Waals surface area contributed by atoms with Crippen LogP contribution in [0.15, 0.2) is 18.2 Å². The zero-order valence-electron chi connectivity index (χ0n) is 14.8. The molecule has 1 saturated heterocycles. The number of carbonyl (C=O) groups excluding carboxylic acids is 1. The average molecular weight is 319 g/mol. The molecule has 0 aliphatic carbocycles. The van der Waals surface area contributed by atoms with Gasteiger partial charge in [0.05, 0.1) is 13.2 Å². The summed E-state index contributed by atoms with van der Waals surface area (Å²) in [6.07, 6.45) is 0. The monoisotopic (exact) mass is 319 g/mol. The summed E-state index contributed by atoms with van der Waals surface area (Å²) in [4.78, 5) is 16.6. The van der Waals surface area contributed by atoms with E-state index in [0.29, 0.717) is 6.54 Å². The highest BCUT2D eigenvalue weighted by atomic mass is 16.5. The first-order valence-electron chi connectivity index (χ1n) is 8.42. The third-order valence-electron chi connectivity index (χ3n) is 4.51. The molecule has 1 heterocycles. The van der Waals surface area contributed by atoms with Gasteiger partial charge in [0.15, 0.2) is 0 Å². The van der Waals surface area contributed by atoms with Crippen molar-refractivity contribution < 1.29 is 9.53 Å². The van der Waals surface area contributed by atoms with Crippen molar-refractivity contribution in [1.82, 2.24) is 15.1 Å². The van der Waals surface area contributed by atoms with Crippen molar-refractivity contribution in [1.29, 1.82) is 0 Å². The summed E-state index contributed by atoms with van der Waals surface area (Å²) in [5, 5.41) is 2.90. The average Bonchev–Trinajstić information content (AvgIpc) is 2.55. The van der Waals surface area contributed by atoms with Gasteiger partial charge in [-0.25, -0.2) is 0 Å². The van der Waals surface area contributed by atoms with Crippen LogP contribution < -0.4 is 10.1 Å². The van der Waals surface area contributed by atoms with Crippen molar-refractivity contribution in [2.45, 2.75) is 33.4 Å². The highest BCUT2D eigenvalue weighted by Gasteiger charge is 2.25. The number of benzene rings is 1. The first-order valence-corrected chi connectivity index (χ1v) is 8.42. The minimum absolute atomic E-state index is 0.0504. The minimum Gasteiger partial charge on any atom is -0.496 e. The number of hydrogen-bond donors (Lipinski definition) is 1. The smallest absolute Gasteiger partial charge is 0.237 e. The molecule has 1 amide bonds. The van der Waals surface area contributed by atoms with Crippen molar-refractivity contribution in [2.75, 3.05) is 39.8 Å². The standard InChI is InChI=1S/C18H29N3O2/c1-5-19-18(22)15(3)21-10-8-20(9-11-21)13-16-12-14(2)6-7-17(16)23-4/h6-7,12,15H,5,8-11,13H2,1-4H3,(H,19,22)/t15-/m0/s1. The fourth-order valence-electron chi connectivity index (χ4n) is 3.07. The van der Waals surface area contributed by atoms with Crippen LogP contribution in [0.25, 0.3) is 0 Å². The van der Waals surface area contributed by atoms with Crippen LogP contribution in [-0.2, 0) is 11.3 Å². The predicted octanol–water partition coefficient (Wildman–Crippen LogP) is 1.65. The normalized spacial score (nSPS) is 17.7. The van der Waals surface area contributed by atoms with Crippen LogP contribution in [0.5, 0.6) is 5.75 Å². The molecule has 1 atom stereocenters. The van der Waals surface area contributed by atoms with Crippen molar-refractivity contribution in [3.05, 3.63) is 29.3 Å². The van der Waals surface area contributed by atoms with Gasteiger partial charge in [0.1, 0.15) is 5.75 Å². The summed E-state index contributed by atoms with van der Waals surface area (Å²) >= 11 is 0. The SMILES string of the molecule is CCNC(=O)[C@H](C)N1CCN(Cc2cc(C)ccc2OC)CC1. The summed E-state index contributed by atoms with van der Waals surface area (Å²) in [5.41, 5.74) is 2.49. The highest BCUT2D eigenvalue weighted by Crippen LogP contribution is 2.22. The number of aryl methyl sites for hydroxylation is 1. The molecule has 0 aromatic heterocycles. The van der Waals surface area contributed by atoms with Gasteiger partial charge in [-0.05, 0) is 26.8 Å². The van der Waals surface area contributed by atoms with E-state index < -0.39 is 0 Å². The molecule has 0 spiro atoms. The molecule has 1 N–H and O–H groups in total. The molecular formula is C18H29N3O2. The molecular weight excluding hydrogens is 290 g/mol. The van der Waals surface area contributed by atoms with Gasteiger partial charge in [-0.15, -0.1) is 0 Å². The predicted molar refractivity (Wildman–Crippen MR) is 92.7 cm³/mol. The first-order chi connectivity index (χ1) is 11.0. The molecule has 2 rings (SSSR count). The maximum Gasteiger partial charge on any atom is 0.237 e. The van der Waals surface area contributed by atoms with Gasteiger partial charge >= 0.3 is 0 Å². The largest absolute Gasteiger partial charge is 0.496 e. The number of amides is 1. The molecule has 128 valence electrons. The van der Waals surface area contributed by atoms with Crippen LogP contribution in [0, 0.1) is 6.92 Å². The topological polar surface area (TPSA) is 44.8 Å². The maximum absolute atomic E-state index is 12.0. The van der Waals surface area contributed by atoms with E-state index in [0.717, 1.165) is 38.5 Å². The zero-order chi connectivity index (χ0) is 16.8. The molecule has 0 bridgehead atoms. The van der Waals surface area contributed by atoms with Gasteiger partial charge in [0.25, 0.3) is 0 Å². The number of nitrogens with one attached hydrogen (secondary N) is 1. The Hall–Kier alpha value is -1.59. The lowest BCUT2D eigenvalue weighted by molar-refractivity contribution is -0.126. The van der Waals surface area contributed by atoms with Crippen LogP contribution in [0.2, 0.25) is 0 Å². The molecule has 0 unspecified atom stereocenters. The summed E-state index contributed by atoms with van der Waals surface area (Å²) in [6, 6.07) is 6.26. The Morgan fingerprint density at radius 1 is 1.30 bits per heavy atom. The van der Waals surface area contributed by atoms with E-state index in [4.69, 9.17) is 4.74 Å². The zero-order valence-corrected chi connectivity index (χ0v) is 14.8. The van der Waals surface area contributed by atoms with Gasteiger partial charge in [0.2, 0.25) is 5.91 Å². The van der Waals surface area contributed by atoms with Crippen LogP contribution in [0.4, 0.5) is 0 Å². The molecule has 1 aromatic rings. The lowest BCUT2D eigenvalue weighted by Crippen LogP contribution is -2.53. The lowest BCUT2D eigenvalue weighted by atomic mass is 10.1. The third kappa shape index (κ3) is 4.69. The van der Waals surface area contributed by atoms with Crippen LogP contribution in [0.3, 0.4) is 0 Å². The quantitative estimate of drug-likeness (QED) is 0.866. The number of rotatable bonds is 6. The van der Waals surface area contributed by atoms with Gasteiger partial charge in [-0.1, -0.05) is 17.7 Å². The molecule has 5 heteroatoms. The molecule has 1 aromatic carbocycles. The van der Waals surface area contributed by atoms with E-state index in [1.165, 1.54) is 11.1 Å². The van der Waals surface area contributed by atoms with E-state index in [1.54, 1.807) is 7.11 Å². The number of piperazine rings is 1. The van der Waals surface area contributed by atoms with Crippen molar-refractivity contribution in [3.63, 3.8) is 0 Å². The van der Waals surface area contributed by atoms with Gasteiger partial charge in [0, 0.05) is 44.8 Å². The number of likely N-dealkylation sites (N-methyl/N-ethyl adjacent to an activating group) is 1. The summed E-state index contributed by atoms with van der Waals surface area (Å²) in [6.45, 7) is 11.4. The lowest BCUT2D eigenvalue weighted by Gasteiger charge is -2.37. The molecule has 23 heavy (non-hydrogen) atoms. The number of ether oxygens (including phenoxy) is 1. The van der Waals surface area contributed by atoms with E-state index in [-0.39, 0.29) is 11.9 Å². The Balaban J connectivity index is 1.90. The number of nitrogens with zero attached hydrogens (tertiary/aromatic N) is 2. The van der Waals surface area contributed by atoms with E-state index in [2.05, 4.69) is 34.2 Å². The third-order valence-corrected chi connectivity index (χ3v) is 4.51. The Kier molecular flexibility index (Phi) is 6.42. The van der Waals surface area contributed by atoms with E-state index in [1.807, 2.05) is 19.9 Å². The van der Waals surface area contributed by atoms with Crippen molar-refractivity contribution >= 4 is 5.91 Å². The summed E-state index contributed by atoms with van der Waals surface area (Å²) in [7, 11) is 1.72. The molecule has 0 radical (unpaired) electrons. The number of carbonyl (C=O) groups is 1. The maximum atomic E-state index is 12.0. The second-order valence-corrected chi connectivity index (χ2v) is 6.20. The Bertz CT molecular complexity index is 525. The fourth-order valence-corrected chi connectivity index (χ4v) is 3.07. The summed E-state index contributed by atoms with van der Waals surface area (Å²) in [5.74, 6) is 1.08. The van der Waals surface area contributed by atoms with Gasteiger partial charge in [-0.2, -0.15) is 0 Å². The first kappa shape index (κ1) is 17.8. The van der Waals surface area contributed by atoms with Crippen LogP contribution in [0.1, 0.15) is 25.0 Å². The minimum atomic E-state index is -0.0504. The van der Waals surface area contributed by atoms with Crippen molar-refractivity contribution in [3.8, 4) is 5.75 Å². The van der Waals surface area contributed by atoms with Gasteiger partial charge < -0.3 is 10.1 Å². The molecule has 5 nitrogen and oxygen atoms in total. The van der Waals surface area contributed by atoms with Gasteiger partial charge in [-0.3, -0.25) is 14.6 Å². The summed E-state index contributed by atoms with van der Waals surface area (Å²) < 4.78 is 5.47. The second kappa shape index (κ2) is 8.31. The Morgan fingerprint density at radius 2 is 2.00 bits per heavy atom. The highest BCUT2D eigenvalue weighted by molar-refractivity contribution is 5.81. The Labute approximate surface area is 139 Å². The second-order valence-electron chi connectivity index (χ2n) is 6.20. The van der Waals surface area contributed by atoms with Crippen LogP contribution >= 0.6 is 0 Å². The van der Waals surface area contributed by atoms with E-state index in [9.17, 15) is 4.79 Å².